The van der Waals surface area contributed by atoms with Crippen LogP contribution >= 0.6 is 0 Å². The molecule has 3 fully saturated rings. The summed E-state index contributed by atoms with van der Waals surface area (Å²) in [6, 6.07) is 7.03. The van der Waals surface area contributed by atoms with Gasteiger partial charge in [0.15, 0.2) is 5.79 Å². The number of amides is 1. The molecule has 4 rings (SSSR count). The molecular weight excluding hydrogens is 404 g/mol. The van der Waals surface area contributed by atoms with E-state index < -0.39 is 15.8 Å². The summed E-state index contributed by atoms with van der Waals surface area (Å²) in [7, 11) is -3.43. The van der Waals surface area contributed by atoms with Gasteiger partial charge in [-0.3, -0.25) is 4.79 Å². The minimum Gasteiger partial charge on any atom is -0.347 e. The highest BCUT2D eigenvalue weighted by molar-refractivity contribution is 7.89. The van der Waals surface area contributed by atoms with Gasteiger partial charge in [-0.25, -0.2) is 8.42 Å². The Hall–Kier alpha value is -1.48. The van der Waals surface area contributed by atoms with Gasteiger partial charge in [0.05, 0.1) is 18.1 Å². The molecule has 0 bridgehead atoms. The van der Waals surface area contributed by atoms with E-state index in [0.717, 1.165) is 44.1 Å². The summed E-state index contributed by atoms with van der Waals surface area (Å²) in [6.45, 7) is 3.80. The Morgan fingerprint density at radius 2 is 1.50 bits per heavy atom. The number of benzene rings is 1. The lowest BCUT2D eigenvalue weighted by molar-refractivity contribution is -0.187. The van der Waals surface area contributed by atoms with E-state index in [1.165, 1.54) is 0 Å². The molecule has 0 aliphatic carbocycles. The monoisotopic (exact) mass is 436 g/mol. The molecule has 0 N–H and O–H groups in total. The molecular formula is C22H32N2O5S. The molecule has 0 radical (unpaired) electrons. The van der Waals surface area contributed by atoms with Crippen LogP contribution in [0.2, 0.25) is 0 Å². The Labute approximate surface area is 179 Å². The molecule has 1 amide bonds. The summed E-state index contributed by atoms with van der Waals surface area (Å²) >= 11 is 0. The summed E-state index contributed by atoms with van der Waals surface area (Å²) in [5.41, 5.74) is 0.981. The van der Waals surface area contributed by atoms with Crippen LogP contribution in [0.25, 0.3) is 0 Å². The number of piperidine rings is 1. The molecule has 1 aromatic rings. The molecule has 3 aliphatic heterocycles. The van der Waals surface area contributed by atoms with Gasteiger partial charge in [-0.05, 0) is 37.0 Å². The third-order valence-electron chi connectivity index (χ3n) is 6.45. The zero-order valence-corrected chi connectivity index (χ0v) is 18.4. The highest BCUT2D eigenvalue weighted by atomic mass is 32.2. The normalized spacial score (nSPS) is 22.9. The minimum atomic E-state index is -3.43. The van der Waals surface area contributed by atoms with Crippen molar-refractivity contribution in [2.45, 2.75) is 62.0 Å². The van der Waals surface area contributed by atoms with Gasteiger partial charge >= 0.3 is 0 Å². The topological polar surface area (TPSA) is 76.2 Å². The van der Waals surface area contributed by atoms with Crippen molar-refractivity contribution >= 4 is 15.9 Å². The van der Waals surface area contributed by atoms with Gasteiger partial charge in [-0.1, -0.05) is 25.0 Å². The maximum Gasteiger partial charge on any atom is 0.243 e. The van der Waals surface area contributed by atoms with Gasteiger partial charge in [0.2, 0.25) is 15.9 Å². The molecule has 7 nitrogen and oxygen atoms in total. The number of hydrogen-bond acceptors (Lipinski definition) is 5. The van der Waals surface area contributed by atoms with E-state index in [1.807, 2.05) is 17.0 Å². The molecule has 0 unspecified atom stereocenters. The van der Waals surface area contributed by atoms with Crippen molar-refractivity contribution in [2.24, 2.45) is 0 Å². The SMILES string of the molecule is O=C(CCc1ccc(S(=O)(=O)N2CCCCCC2)cc1)N1CCC2(CC1)OCCO2. The largest absolute Gasteiger partial charge is 0.347 e. The first kappa shape index (κ1) is 21.7. The van der Waals surface area contributed by atoms with Crippen molar-refractivity contribution in [1.29, 1.82) is 0 Å². The number of carbonyl (C=O) groups excluding carboxylic acids is 1. The minimum absolute atomic E-state index is 0.129. The number of ether oxygens (including phenoxy) is 2. The van der Waals surface area contributed by atoms with Crippen molar-refractivity contribution < 1.29 is 22.7 Å². The van der Waals surface area contributed by atoms with Gasteiger partial charge < -0.3 is 14.4 Å². The molecule has 3 saturated heterocycles. The molecule has 1 spiro atoms. The van der Waals surface area contributed by atoms with Crippen LogP contribution in [-0.2, 0) is 30.7 Å². The molecule has 166 valence electrons. The molecule has 3 aliphatic rings. The number of sulfonamides is 1. The number of likely N-dealkylation sites (tertiary alicyclic amines) is 1. The Morgan fingerprint density at radius 1 is 0.900 bits per heavy atom. The second kappa shape index (κ2) is 9.34. The van der Waals surface area contributed by atoms with Crippen molar-refractivity contribution in [1.82, 2.24) is 9.21 Å². The molecule has 0 saturated carbocycles. The van der Waals surface area contributed by atoms with Crippen LogP contribution in [0.5, 0.6) is 0 Å². The zero-order valence-electron chi connectivity index (χ0n) is 17.6. The van der Waals surface area contributed by atoms with E-state index in [2.05, 4.69) is 0 Å². The summed E-state index contributed by atoms with van der Waals surface area (Å²) in [5.74, 6) is -0.338. The van der Waals surface area contributed by atoms with Crippen LogP contribution in [0.15, 0.2) is 29.2 Å². The average Bonchev–Trinajstić information content (AvgIpc) is 3.03. The van der Waals surface area contributed by atoms with E-state index >= 15 is 0 Å². The average molecular weight is 437 g/mol. The third-order valence-corrected chi connectivity index (χ3v) is 8.36. The van der Waals surface area contributed by atoms with Crippen LogP contribution < -0.4 is 0 Å². The summed E-state index contributed by atoms with van der Waals surface area (Å²) in [6.07, 6.45) is 6.52. The second-order valence-corrected chi connectivity index (χ2v) is 10.4. The van der Waals surface area contributed by atoms with Crippen LogP contribution in [0, 0.1) is 0 Å². The van der Waals surface area contributed by atoms with E-state index in [9.17, 15) is 13.2 Å². The van der Waals surface area contributed by atoms with Gasteiger partial charge in [-0.2, -0.15) is 4.31 Å². The third kappa shape index (κ3) is 4.88. The molecule has 3 heterocycles. The van der Waals surface area contributed by atoms with Crippen molar-refractivity contribution in [3.8, 4) is 0 Å². The standard InChI is InChI=1S/C22H32N2O5S/c25-21(23-15-11-22(12-16-23)28-17-18-29-22)10-7-19-5-8-20(9-6-19)30(26,27)24-13-3-1-2-4-14-24/h5-6,8-9H,1-4,7,10-18H2. The van der Waals surface area contributed by atoms with Crippen molar-refractivity contribution in [3.63, 3.8) is 0 Å². The van der Waals surface area contributed by atoms with Crippen LogP contribution in [0.3, 0.4) is 0 Å². The number of nitrogens with zero attached hydrogens (tertiary/aromatic N) is 2. The van der Waals surface area contributed by atoms with Crippen molar-refractivity contribution in [2.75, 3.05) is 39.4 Å². The van der Waals surface area contributed by atoms with Gasteiger partial charge in [-0.15, -0.1) is 0 Å². The lowest BCUT2D eigenvalue weighted by atomic mass is 10.0. The van der Waals surface area contributed by atoms with E-state index in [0.29, 0.717) is 57.1 Å². The predicted molar refractivity (Wildman–Crippen MR) is 112 cm³/mol. The first-order chi connectivity index (χ1) is 14.5. The van der Waals surface area contributed by atoms with Crippen LogP contribution in [0.1, 0.15) is 50.5 Å². The quantitative estimate of drug-likeness (QED) is 0.709. The smallest absolute Gasteiger partial charge is 0.243 e. The van der Waals surface area contributed by atoms with Gasteiger partial charge in [0.1, 0.15) is 0 Å². The summed E-state index contributed by atoms with van der Waals surface area (Å²) < 4.78 is 38.8. The predicted octanol–water partition coefficient (Wildman–Crippen LogP) is 2.55. The van der Waals surface area contributed by atoms with Crippen molar-refractivity contribution in [3.05, 3.63) is 29.8 Å². The molecule has 0 atom stereocenters. The lowest BCUT2D eigenvalue weighted by Gasteiger charge is -2.37. The Kier molecular flexibility index (Phi) is 6.77. The first-order valence-electron chi connectivity index (χ1n) is 11.1. The summed E-state index contributed by atoms with van der Waals surface area (Å²) in [4.78, 5) is 14.8. The zero-order chi connectivity index (χ0) is 21.0. The summed E-state index contributed by atoms with van der Waals surface area (Å²) in [5, 5.41) is 0. The fourth-order valence-electron chi connectivity index (χ4n) is 4.55. The Bertz CT molecular complexity index is 816. The van der Waals surface area contributed by atoms with Crippen LogP contribution in [0.4, 0.5) is 0 Å². The number of carbonyl (C=O) groups is 1. The highest BCUT2D eigenvalue weighted by Crippen LogP contribution is 2.31. The van der Waals surface area contributed by atoms with E-state index in [-0.39, 0.29) is 5.91 Å². The van der Waals surface area contributed by atoms with Crippen LogP contribution in [-0.4, -0.2) is 68.7 Å². The first-order valence-corrected chi connectivity index (χ1v) is 12.6. The number of hydrogen-bond donors (Lipinski definition) is 0. The van der Waals surface area contributed by atoms with E-state index in [1.54, 1.807) is 16.4 Å². The maximum atomic E-state index is 12.9. The number of rotatable bonds is 5. The second-order valence-electron chi connectivity index (χ2n) is 8.45. The number of aryl methyl sites for hydroxylation is 1. The fourth-order valence-corrected chi connectivity index (χ4v) is 6.07. The molecule has 30 heavy (non-hydrogen) atoms. The van der Waals surface area contributed by atoms with Gasteiger partial charge in [0, 0.05) is 45.4 Å². The maximum absolute atomic E-state index is 12.9. The van der Waals surface area contributed by atoms with Gasteiger partial charge in [0.25, 0.3) is 0 Å². The Morgan fingerprint density at radius 3 is 2.10 bits per heavy atom. The molecule has 8 heteroatoms. The molecule has 1 aromatic carbocycles. The lowest BCUT2D eigenvalue weighted by Crippen LogP contribution is -2.47. The fraction of sp³-hybridized carbons (Fsp3) is 0.682. The Balaban J connectivity index is 1.29. The molecule has 0 aromatic heterocycles. The van der Waals surface area contributed by atoms with E-state index in [4.69, 9.17) is 9.47 Å². The highest BCUT2D eigenvalue weighted by Gasteiger charge is 2.40.